The quantitative estimate of drug-likeness (QED) is 0.503. The second-order valence-electron chi connectivity index (χ2n) is 5.28. The molecule has 0 amide bonds. The first-order valence-corrected chi connectivity index (χ1v) is 9.45. The highest BCUT2D eigenvalue weighted by Gasteiger charge is 2.12. The van der Waals surface area contributed by atoms with Gasteiger partial charge in [-0.3, -0.25) is 0 Å². The van der Waals surface area contributed by atoms with Crippen molar-refractivity contribution in [2.24, 2.45) is 0 Å². The summed E-state index contributed by atoms with van der Waals surface area (Å²) in [6.45, 7) is 0.504. The molecule has 3 aromatic rings. The van der Waals surface area contributed by atoms with E-state index < -0.39 is 0 Å². The Morgan fingerprint density at radius 3 is 2.41 bits per heavy atom. The van der Waals surface area contributed by atoms with Crippen LogP contribution < -0.4 is 19.5 Å². The van der Waals surface area contributed by atoms with Gasteiger partial charge in [0.15, 0.2) is 0 Å². The number of anilines is 1. The molecule has 0 bridgehead atoms. The van der Waals surface area contributed by atoms with Crippen LogP contribution in [-0.4, -0.2) is 29.2 Å². The van der Waals surface area contributed by atoms with Gasteiger partial charge in [0, 0.05) is 32.9 Å². The van der Waals surface area contributed by atoms with Crippen LogP contribution in [0, 0.1) is 0 Å². The van der Waals surface area contributed by atoms with Crippen LogP contribution in [0.3, 0.4) is 0 Å². The van der Waals surface area contributed by atoms with Crippen LogP contribution in [0.25, 0.3) is 0 Å². The summed E-state index contributed by atoms with van der Waals surface area (Å²) in [5, 5.41) is 3.35. The average molecular weight is 496 g/mol. The van der Waals surface area contributed by atoms with Crippen LogP contribution in [0.15, 0.2) is 51.5 Å². The van der Waals surface area contributed by atoms with Gasteiger partial charge in [-0.15, -0.1) is 0 Å². The number of methoxy groups -OCH3 is 2. The van der Waals surface area contributed by atoms with E-state index >= 15 is 0 Å². The minimum absolute atomic E-state index is 0.0935. The van der Waals surface area contributed by atoms with Gasteiger partial charge in [0.2, 0.25) is 17.6 Å². The molecule has 0 spiro atoms. The number of nitrogens with one attached hydrogen (secondary N) is 1. The molecule has 140 valence electrons. The van der Waals surface area contributed by atoms with Crippen LogP contribution in [0.1, 0.15) is 5.56 Å². The molecule has 7 nitrogen and oxygen atoms in total. The zero-order chi connectivity index (χ0) is 19.2. The Kier molecular flexibility index (Phi) is 6.46. The van der Waals surface area contributed by atoms with Gasteiger partial charge in [-0.1, -0.05) is 22.0 Å². The molecule has 0 radical (unpaired) electrons. The third kappa shape index (κ3) is 5.08. The zero-order valence-electron chi connectivity index (χ0n) is 14.6. The van der Waals surface area contributed by atoms with Crippen LogP contribution in [0.2, 0.25) is 0 Å². The molecule has 0 saturated carbocycles. The molecular formula is C18H16Br2N4O3. The van der Waals surface area contributed by atoms with E-state index in [1.807, 2.05) is 30.3 Å². The Morgan fingerprint density at radius 1 is 1.00 bits per heavy atom. The number of hydrogen-bond donors (Lipinski definition) is 1. The van der Waals surface area contributed by atoms with Gasteiger partial charge in [-0.25, -0.2) is 4.98 Å². The molecule has 27 heavy (non-hydrogen) atoms. The van der Waals surface area contributed by atoms with E-state index in [0.29, 0.717) is 24.2 Å². The van der Waals surface area contributed by atoms with Gasteiger partial charge in [-0.05, 0) is 40.2 Å². The molecule has 2 aromatic heterocycles. The normalized spacial score (nSPS) is 10.4. The summed E-state index contributed by atoms with van der Waals surface area (Å²) in [5.41, 5.74) is 1.80. The molecule has 0 fully saturated rings. The Hall–Kier alpha value is -2.39. The predicted octanol–water partition coefficient (Wildman–Crippen LogP) is 4.82. The molecule has 0 saturated heterocycles. The number of halogens is 2. The van der Waals surface area contributed by atoms with E-state index in [0.717, 1.165) is 20.2 Å². The molecular weight excluding hydrogens is 480 g/mol. The van der Waals surface area contributed by atoms with E-state index in [4.69, 9.17) is 14.2 Å². The van der Waals surface area contributed by atoms with E-state index in [-0.39, 0.29) is 6.01 Å². The fourth-order valence-electron chi connectivity index (χ4n) is 2.20. The summed E-state index contributed by atoms with van der Waals surface area (Å²) >= 11 is 6.98. The number of hydrogen-bond acceptors (Lipinski definition) is 7. The number of aromatic nitrogens is 3. The smallest absolute Gasteiger partial charge is 0.330 e. The first kappa shape index (κ1) is 19.4. The van der Waals surface area contributed by atoms with Gasteiger partial charge < -0.3 is 19.5 Å². The lowest BCUT2D eigenvalue weighted by molar-refractivity contribution is 0.344. The zero-order valence-corrected chi connectivity index (χ0v) is 17.7. The lowest BCUT2D eigenvalue weighted by Gasteiger charge is -2.12. The van der Waals surface area contributed by atoms with Crippen LogP contribution >= 0.6 is 31.9 Å². The molecule has 0 unspecified atom stereocenters. The highest BCUT2D eigenvalue weighted by atomic mass is 79.9. The van der Waals surface area contributed by atoms with Crippen LogP contribution in [-0.2, 0) is 6.54 Å². The van der Waals surface area contributed by atoms with E-state index in [9.17, 15) is 0 Å². The van der Waals surface area contributed by atoms with Crippen molar-refractivity contribution in [3.8, 4) is 23.7 Å². The molecule has 0 atom stereocenters. The SMILES string of the molecule is COc1cc(OC)nc(Oc2ncccc2CNc2ccc(Br)cc2Br)n1. The molecule has 1 aromatic carbocycles. The minimum Gasteiger partial charge on any atom is -0.481 e. The number of benzene rings is 1. The highest BCUT2D eigenvalue weighted by Crippen LogP contribution is 2.28. The predicted molar refractivity (Wildman–Crippen MR) is 109 cm³/mol. The third-order valence-electron chi connectivity index (χ3n) is 3.52. The Morgan fingerprint density at radius 2 is 1.74 bits per heavy atom. The lowest BCUT2D eigenvalue weighted by Crippen LogP contribution is -2.05. The fraction of sp³-hybridized carbons (Fsp3) is 0.167. The Bertz CT molecular complexity index is 918. The van der Waals surface area contributed by atoms with Crippen LogP contribution in [0.5, 0.6) is 23.7 Å². The van der Waals surface area contributed by atoms with Crippen molar-refractivity contribution in [3.63, 3.8) is 0 Å². The number of nitrogens with zero attached hydrogens (tertiary/aromatic N) is 3. The summed E-state index contributed by atoms with van der Waals surface area (Å²) in [5.74, 6) is 1.08. The second kappa shape index (κ2) is 9.01. The van der Waals surface area contributed by atoms with Crippen molar-refractivity contribution in [1.29, 1.82) is 0 Å². The van der Waals surface area contributed by atoms with E-state index in [1.54, 1.807) is 12.3 Å². The van der Waals surface area contributed by atoms with Gasteiger partial charge in [0.25, 0.3) is 0 Å². The van der Waals surface area contributed by atoms with Gasteiger partial charge in [0.05, 0.1) is 20.3 Å². The maximum absolute atomic E-state index is 5.78. The number of ether oxygens (including phenoxy) is 3. The maximum atomic E-state index is 5.78. The largest absolute Gasteiger partial charge is 0.481 e. The van der Waals surface area contributed by atoms with E-state index in [1.165, 1.54) is 14.2 Å². The summed E-state index contributed by atoms with van der Waals surface area (Å²) in [6.07, 6.45) is 1.64. The summed E-state index contributed by atoms with van der Waals surface area (Å²) < 4.78 is 18.0. The molecule has 0 aliphatic rings. The monoisotopic (exact) mass is 494 g/mol. The van der Waals surface area contributed by atoms with Crippen molar-refractivity contribution in [2.75, 3.05) is 19.5 Å². The molecule has 1 N–H and O–H groups in total. The van der Waals surface area contributed by atoms with Crippen LogP contribution in [0.4, 0.5) is 5.69 Å². The van der Waals surface area contributed by atoms with Crippen molar-refractivity contribution in [2.45, 2.75) is 6.54 Å². The second-order valence-corrected chi connectivity index (χ2v) is 7.05. The molecule has 9 heteroatoms. The molecule has 0 aliphatic heterocycles. The Balaban J connectivity index is 1.80. The maximum Gasteiger partial charge on any atom is 0.330 e. The highest BCUT2D eigenvalue weighted by molar-refractivity contribution is 9.11. The molecule has 0 aliphatic carbocycles. The van der Waals surface area contributed by atoms with Crippen molar-refractivity contribution >= 4 is 37.5 Å². The topological polar surface area (TPSA) is 78.4 Å². The minimum atomic E-state index is 0.0935. The lowest BCUT2D eigenvalue weighted by atomic mass is 10.2. The van der Waals surface area contributed by atoms with Crippen molar-refractivity contribution in [3.05, 3.63) is 57.1 Å². The standard InChI is InChI=1S/C18H16Br2N4O3/c1-25-15-9-16(26-2)24-18(23-15)27-17-11(4-3-7-21-17)10-22-14-6-5-12(19)8-13(14)20/h3-9,22H,10H2,1-2H3. The van der Waals surface area contributed by atoms with Gasteiger partial charge in [-0.2, -0.15) is 9.97 Å². The molecule has 3 rings (SSSR count). The van der Waals surface area contributed by atoms with Crippen molar-refractivity contribution < 1.29 is 14.2 Å². The first-order valence-electron chi connectivity index (χ1n) is 7.87. The average Bonchev–Trinajstić information content (AvgIpc) is 2.68. The van der Waals surface area contributed by atoms with Crippen molar-refractivity contribution in [1.82, 2.24) is 15.0 Å². The first-order chi connectivity index (χ1) is 13.1. The number of rotatable bonds is 7. The van der Waals surface area contributed by atoms with E-state index in [2.05, 4.69) is 52.1 Å². The number of pyridine rings is 1. The summed E-state index contributed by atoms with van der Waals surface area (Å²) in [4.78, 5) is 12.6. The third-order valence-corrected chi connectivity index (χ3v) is 4.66. The Labute approximate surface area is 173 Å². The fourth-order valence-corrected chi connectivity index (χ4v) is 3.39. The van der Waals surface area contributed by atoms with Gasteiger partial charge in [0.1, 0.15) is 0 Å². The summed E-state index contributed by atoms with van der Waals surface area (Å²) in [6, 6.07) is 11.3. The molecule has 2 heterocycles. The van der Waals surface area contributed by atoms with Gasteiger partial charge >= 0.3 is 6.01 Å². The summed E-state index contributed by atoms with van der Waals surface area (Å²) in [7, 11) is 3.02.